The summed E-state index contributed by atoms with van der Waals surface area (Å²) in [7, 11) is 0. The van der Waals surface area contributed by atoms with Gasteiger partial charge in [0, 0.05) is 0 Å². The molecule has 0 radical (unpaired) electrons. The largest absolute Gasteiger partial charge is 0.0833 e. The van der Waals surface area contributed by atoms with Crippen LogP contribution in [0.1, 0.15) is 152 Å². The minimum atomic E-state index is 0.646. The summed E-state index contributed by atoms with van der Waals surface area (Å²) in [6.45, 7) is 2.30. The molecule has 0 saturated carbocycles. The molecule has 2 aromatic carbocycles. The summed E-state index contributed by atoms with van der Waals surface area (Å²) in [5, 5.41) is 0. The Morgan fingerprint density at radius 1 is 0.500 bits per heavy atom. The van der Waals surface area contributed by atoms with E-state index in [1.807, 2.05) is 0 Å². The van der Waals surface area contributed by atoms with Gasteiger partial charge in [-0.05, 0) is 29.9 Å². The van der Waals surface area contributed by atoms with Crippen molar-refractivity contribution in [2.24, 2.45) is 0 Å². The van der Waals surface area contributed by atoms with Gasteiger partial charge < -0.3 is 0 Å². The van der Waals surface area contributed by atoms with Crippen LogP contribution in [0.3, 0.4) is 0 Å². The normalized spacial score (nSPS) is 12.4. The Morgan fingerprint density at radius 3 is 1.39 bits per heavy atom. The predicted octanol–water partition coefficient (Wildman–Crippen LogP) is 12.3. The van der Waals surface area contributed by atoms with Crippen LogP contribution in [-0.4, -0.2) is 0 Å². The van der Waals surface area contributed by atoms with E-state index in [-0.39, 0.29) is 0 Å². The maximum Gasteiger partial charge on any atom is -0.0127 e. The average Bonchev–Trinajstić information content (AvgIpc) is 2.92. The van der Waals surface area contributed by atoms with Crippen LogP contribution in [0, 0.1) is 0 Å². The van der Waals surface area contributed by atoms with E-state index in [1.54, 1.807) is 0 Å². The number of benzene rings is 2. The molecule has 0 spiro atoms. The van der Waals surface area contributed by atoms with Crippen molar-refractivity contribution >= 4 is 6.08 Å². The van der Waals surface area contributed by atoms with Crippen LogP contribution in [-0.2, 0) is 0 Å². The lowest BCUT2D eigenvalue weighted by Crippen LogP contribution is -1.98. The van der Waals surface area contributed by atoms with Crippen molar-refractivity contribution in [2.45, 2.75) is 141 Å². The van der Waals surface area contributed by atoms with Gasteiger partial charge in [-0.3, -0.25) is 0 Å². The molecule has 1 atom stereocenters. The molecule has 0 heterocycles. The molecule has 0 N–H and O–H groups in total. The number of unbranched alkanes of at least 4 members (excludes halogenated alkanes) is 17. The summed E-state index contributed by atoms with van der Waals surface area (Å²) in [5.41, 5.74) is 2.81. The molecule has 0 nitrogen and oxygen atoms in total. The molecule has 0 aliphatic rings. The third-order valence-electron chi connectivity index (χ3n) is 7.71. The lowest BCUT2D eigenvalue weighted by molar-refractivity contribution is 0.514. The van der Waals surface area contributed by atoms with E-state index in [2.05, 4.69) is 79.7 Å². The molecule has 2 rings (SSSR count). The molecule has 0 aliphatic carbocycles. The number of hydrogen-bond donors (Lipinski definition) is 0. The van der Waals surface area contributed by atoms with Crippen molar-refractivity contribution in [3.05, 3.63) is 77.9 Å². The molecule has 0 saturated heterocycles. The minimum absolute atomic E-state index is 0.646. The maximum absolute atomic E-state index is 2.38. The first-order valence-electron chi connectivity index (χ1n) is 15.7. The van der Waals surface area contributed by atoms with Crippen LogP contribution in [0.25, 0.3) is 6.08 Å². The van der Waals surface area contributed by atoms with Gasteiger partial charge in [-0.1, -0.05) is 195 Å². The molecule has 0 fully saturated rings. The molecular formula is C36H56. The molecule has 2 aromatic rings. The van der Waals surface area contributed by atoms with Crippen LogP contribution in [0.4, 0.5) is 0 Å². The van der Waals surface area contributed by atoms with Gasteiger partial charge in [0.05, 0.1) is 0 Å². The molecule has 0 heteroatoms. The monoisotopic (exact) mass is 488 g/mol. The fourth-order valence-electron chi connectivity index (χ4n) is 5.37. The summed E-state index contributed by atoms with van der Waals surface area (Å²) in [5.74, 6) is 0.646. The molecule has 0 aliphatic heterocycles. The summed E-state index contributed by atoms with van der Waals surface area (Å²) < 4.78 is 0. The van der Waals surface area contributed by atoms with Gasteiger partial charge in [0.2, 0.25) is 0 Å². The smallest absolute Gasteiger partial charge is 0.0127 e. The summed E-state index contributed by atoms with van der Waals surface area (Å²) in [6, 6.07) is 21.8. The zero-order chi connectivity index (χ0) is 25.4. The second kappa shape index (κ2) is 22.4. The van der Waals surface area contributed by atoms with Crippen molar-refractivity contribution in [1.29, 1.82) is 0 Å². The van der Waals surface area contributed by atoms with E-state index in [4.69, 9.17) is 0 Å². The molecule has 0 bridgehead atoms. The number of hydrogen-bond acceptors (Lipinski definition) is 0. The minimum Gasteiger partial charge on any atom is -0.0833 e. The SMILES string of the molecule is CCCCCCCCCCCCCCCCCCCCC(CC=Cc1ccccc1)c1ccccc1. The Balaban J connectivity index is 1.44. The lowest BCUT2D eigenvalue weighted by Gasteiger charge is -2.15. The lowest BCUT2D eigenvalue weighted by atomic mass is 9.90. The highest BCUT2D eigenvalue weighted by atomic mass is 14.1. The Hall–Kier alpha value is -1.82. The highest BCUT2D eigenvalue weighted by molar-refractivity contribution is 5.48. The van der Waals surface area contributed by atoms with Crippen LogP contribution >= 0.6 is 0 Å². The Kier molecular flexibility index (Phi) is 18.9. The van der Waals surface area contributed by atoms with E-state index in [0.29, 0.717) is 5.92 Å². The first kappa shape index (κ1) is 30.4. The average molecular weight is 489 g/mol. The van der Waals surface area contributed by atoms with Gasteiger partial charge in [0.15, 0.2) is 0 Å². The van der Waals surface area contributed by atoms with Crippen molar-refractivity contribution in [2.75, 3.05) is 0 Å². The fraction of sp³-hybridized carbons (Fsp3) is 0.611. The van der Waals surface area contributed by atoms with Gasteiger partial charge in [-0.15, -0.1) is 0 Å². The third-order valence-corrected chi connectivity index (χ3v) is 7.71. The second-order valence-electron chi connectivity index (χ2n) is 11.0. The molecule has 0 aromatic heterocycles. The molecule has 0 amide bonds. The van der Waals surface area contributed by atoms with E-state index < -0.39 is 0 Å². The van der Waals surface area contributed by atoms with Crippen LogP contribution in [0.15, 0.2) is 66.7 Å². The number of allylic oxidation sites excluding steroid dienone is 1. The standard InChI is InChI=1S/C36H56/c1-2-3-4-5-6-7-8-9-10-11-12-13-14-15-16-17-18-23-30-36(35-31-24-20-25-32-35)33-26-29-34-27-21-19-22-28-34/h19-22,24-29,31-32,36H,2-18,23,30,33H2,1H3. The topological polar surface area (TPSA) is 0 Å². The van der Waals surface area contributed by atoms with Crippen molar-refractivity contribution in [1.82, 2.24) is 0 Å². The molecular weight excluding hydrogens is 432 g/mol. The van der Waals surface area contributed by atoms with Gasteiger partial charge in [0.1, 0.15) is 0 Å². The molecule has 1 unspecified atom stereocenters. The number of rotatable bonds is 23. The third kappa shape index (κ3) is 16.0. The van der Waals surface area contributed by atoms with E-state index >= 15 is 0 Å². The van der Waals surface area contributed by atoms with Crippen LogP contribution in [0.2, 0.25) is 0 Å². The summed E-state index contributed by atoms with van der Waals surface area (Å²) in [4.78, 5) is 0. The van der Waals surface area contributed by atoms with E-state index in [0.717, 1.165) is 6.42 Å². The van der Waals surface area contributed by atoms with Crippen molar-refractivity contribution in [3.63, 3.8) is 0 Å². The molecule has 200 valence electrons. The zero-order valence-electron chi connectivity index (χ0n) is 23.6. The van der Waals surface area contributed by atoms with Gasteiger partial charge in [0.25, 0.3) is 0 Å². The maximum atomic E-state index is 2.38. The molecule has 36 heavy (non-hydrogen) atoms. The second-order valence-corrected chi connectivity index (χ2v) is 11.0. The summed E-state index contributed by atoms with van der Waals surface area (Å²) in [6.07, 6.45) is 33.1. The quantitative estimate of drug-likeness (QED) is 0.136. The highest BCUT2D eigenvalue weighted by Gasteiger charge is 2.09. The fourth-order valence-corrected chi connectivity index (χ4v) is 5.37. The van der Waals surface area contributed by atoms with Gasteiger partial charge >= 0.3 is 0 Å². The van der Waals surface area contributed by atoms with Crippen molar-refractivity contribution in [3.8, 4) is 0 Å². The predicted molar refractivity (Wildman–Crippen MR) is 163 cm³/mol. The Bertz CT molecular complexity index is 729. The highest BCUT2D eigenvalue weighted by Crippen LogP contribution is 2.27. The Labute approximate surface area is 225 Å². The first-order chi connectivity index (χ1) is 17.9. The van der Waals surface area contributed by atoms with Crippen LogP contribution < -0.4 is 0 Å². The van der Waals surface area contributed by atoms with E-state index in [9.17, 15) is 0 Å². The van der Waals surface area contributed by atoms with Gasteiger partial charge in [-0.2, -0.15) is 0 Å². The van der Waals surface area contributed by atoms with E-state index in [1.165, 1.54) is 133 Å². The van der Waals surface area contributed by atoms with Gasteiger partial charge in [-0.25, -0.2) is 0 Å². The first-order valence-corrected chi connectivity index (χ1v) is 15.7. The Morgan fingerprint density at radius 2 is 0.917 bits per heavy atom. The zero-order valence-corrected chi connectivity index (χ0v) is 23.6. The summed E-state index contributed by atoms with van der Waals surface area (Å²) >= 11 is 0. The van der Waals surface area contributed by atoms with Crippen LogP contribution in [0.5, 0.6) is 0 Å². The van der Waals surface area contributed by atoms with Crippen molar-refractivity contribution < 1.29 is 0 Å².